The first-order chi connectivity index (χ1) is 9.01. The zero-order valence-electron chi connectivity index (χ0n) is 10.7. The topological polar surface area (TPSA) is 83.3 Å². The van der Waals surface area contributed by atoms with Gasteiger partial charge in [-0.3, -0.25) is 9.79 Å². The Morgan fingerprint density at radius 3 is 2.89 bits per heavy atom. The number of nitrogens with two attached hydrogens (primary N) is 1. The Hall–Kier alpha value is -2.01. The molecule has 5 nitrogen and oxygen atoms in total. The van der Waals surface area contributed by atoms with Crippen LogP contribution in [0.1, 0.15) is 18.5 Å². The highest BCUT2D eigenvalue weighted by molar-refractivity contribution is 6.31. The summed E-state index contributed by atoms with van der Waals surface area (Å²) in [5.74, 6) is 0.290. The molecule has 19 heavy (non-hydrogen) atoms. The molecule has 0 aliphatic rings. The molecule has 0 bridgehead atoms. The molecule has 0 aliphatic heterocycles. The number of H-pyrrole nitrogens is 1. The van der Waals surface area contributed by atoms with Gasteiger partial charge in [-0.2, -0.15) is 0 Å². The predicted molar refractivity (Wildman–Crippen MR) is 78.7 cm³/mol. The minimum absolute atomic E-state index is 0.154. The predicted octanol–water partition coefficient (Wildman–Crippen LogP) is 1.78. The van der Waals surface area contributed by atoms with E-state index in [1.807, 2.05) is 6.92 Å². The smallest absolute Gasteiger partial charge is 0.253 e. The van der Waals surface area contributed by atoms with Crippen LogP contribution in [0.4, 0.5) is 0 Å². The molecule has 0 unspecified atom stereocenters. The average molecular weight is 279 g/mol. The summed E-state index contributed by atoms with van der Waals surface area (Å²) in [6.45, 7) is 1.85. The molecule has 100 valence electrons. The number of pyridine rings is 1. The summed E-state index contributed by atoms with van der Waals surface area (Å²) in [6.07, 6.45) is 0. The van der Waals surface area contributed by atoms with Gasteiger partial charge in [0.1, 0.15) is 0 Å². The van der Waals surface area contributed by atoms with Crippen LogP contribution < -0.4 is 16.6 Å². The lowest BCUT2D eigenvalue weighted by Gasteiger charge is -2.14. The third-order valence-electron chi connectivity index (χ3n) is 2.91. The molecular weight excluding hydrogens is 264 g/mol. The van der Waals surface area contributed by atoms with Crippen LogP contribution >= 0.6 is 11.6 Å². The third-order valence-corrected chi connectivity index (χ3v) is 3.14. The number of nitrogens with zero attached hydrogens (tertiary/aromatic N) is 1. The van der Waals surface area contributed by atoms with E-state index in [9.17, 15) is 4.79 Å². The van der Waals surface area contributed by atoms with Crippen LogP contribution in [0.25, 0.3) is 10.9 Å². The van der Waals surface area contributed by atoms with Crippen LogP contribution in [-0.4, -0.2) is 18.0 Å². The molecule has 0 saturated carbocycles. The van der Waals surface area contributed by atoms with E-state index in [1.54, 1.807) is 31.3 Å². The van der Waals surface area contributed by atoms with Gasteiger partial charge in [0, 0.05) is 28.5 Å². The molecule has 1 aromatic carbocycles. The molecule has 2 aromatic rings. The van der Waals surface area contributed by atoms with E-state index in [1.165, 1.54) is 0 Å². The van der Waals surface area contributed by atoms with Gasteiger partial charge in [-0.15, -0.1) is 0 Å². The van der Waals surface area contributed by atoms with Crippen molar-refractivity contribution < 1.29 is 0 Å². The van der Waals surface area contributed by atoms with E-state index < -0.39 is 0 Å². The number of hydrogen-bond acceptors (Lipinski definition) is 2. The first-order valence-electron chi connectivity index (χ1n) is 5.82. The lowest BCUT2D eigenvalue weighted by Crippen LogP contribution is -2.35. The van der Waals surface area contributed by atoms with Crippen molar-refractivity contribution >= 4 is 28.5 Å². The maximum Gasteiger partial charge on any atom is 0.253 e. The second-order valence-electron chi connectivity index (χ2n) is 4.26. The molecule has 1 heterocycles. The van der Waals surface area contributed by atoms with Crippen molar-refractivity contribution in [1.82, 2.24) is 10.3 Å². The molecule has 0 fully saturated rings. The van der Waals surface area contributed by atoms with Gasteiger partial charge in [-0.05, 0) is 31.2 Å². The van der Waals surface area contributed by atoms with Crippen LogP contribution in [0.5, 0.6) is 0 Å². The number of aromatic nitrogens is 1. The molecule has 0 spiro atoms. The number of aliphatic imine (C=N–C) groups is 1. The fraction of sp³-hybridized carbons (Fsp3) is 0.231. The summed E-state index contributed by atoms with van der Waals surface area (Å²) in [5.41, 5.74) is 6.79. The summed E-state index contributed by atoms with van der Waals surface area (Å²) >= 11 is 5.95. The van der Waals surface area contributed by atoms with Crippen LogP contribution in [0.3, 0.4) is 0 Å². The van der Waals surface area contributed by atoms with Gasteiger partial charge >= 0.3 is 0 Å². The number of aromatic amines is 1. The Kier molecular flexibility index (Phi) is 3.76. The maximum atomic E-state index is 12.0. The summed E-state index contributed by atoms with van der Waals surface area (Å²) < 4.78 is 0. The number of fused-ring (bicyclic) bond motifs is 1. The van der Waals surface area contributed by atoms with Crippen molar-refractivity contribution in [3.63, 3.8) is 0 Å². The number of benzene rings is 1. The van der Waals surface area contributed by atoms with Crippen molar-refractivity contribution in [3.05, 3.63) is 45.2 Å². The molecule has 1 aromatic heterocycles. The van der Waals surface area contributed by atoms with E-state index in [-0.39, 0.29) is 17.6 Å². The van der Waals surface area contributed by atoms with Gasteiger partial charge in [-0.25, -0.2) is 0 Å². The van der Waals surface area contributed by atoms with Gasteiger partial charge in [0.15, 0.2) is 5.96 Å². The normalized spacial score (nSPS) is 13.5. The minimum Gasteiger partial charge on any atom is -0.370 e. The van der Waals surface area contributed by atoms with Gasteiger partial charge in [0.05, 0.1) is 6.04 Å². The van der Waals surface area contributed by atoms with Crippen molar-refractivity contribution in [2.24, 2.45) is 10.7 Å². The molecule has 0 saturated heterocycles. The van der Waals surface area contributed by atoms with Crippen LogP contribution in [0.2, 0.25) is 5.02 Å². The van der Waals surface area contributed by atoms with Crippen LogP contribution in [0, 0.1) is 0 Å². The van der Waals surface area contributed by atoms with Crippen molar-refractivity contribution in [2.75, 3.05) is 7.05 Å². The van der Waals surface area contributed by atoms with Gasteiger partial charge in [-0.1, -0.05) is 11.6 Å². The Morgan fingerprint density at radius 1 is 1.47 bits per heavy atom. The molecule has 6 heteroatoms. The number of guanidine groups is 1. The van der Waals surface area contributed by atoms with Gasteiger partial charge in [0.2, 0.25) is 0 Å². The third kappa shape index (κ3) is 2.88. The Morgan fingerprint density at radius 2 is 2.21 bits per heavy atom. The Labute approximate surface area is 115 Å². The molecule has 0 amide bonds. The van der Waals surface area contributed by atoms with E-state index in [0.717, 1.165) is 10.9 Å². The molecular formula is C13H15ClN4O. The largest absolute Gasteiger partial charge is 0.370 e. The molecule has 1 atom stereocenters. The average Bonchev–Trinajstić information content (AvgIpc) is 2.38. The van der Waals surface area contributed by atoms with E-state index in [4.69, 9.17) is 17.3 Å². The van der Waals surface area contributed by atoms with Crippen molar-refractivity contribution in [1.29, 1.82) is 0 Å². The zero-order valence-corrected chi connectivity index (χ0v) is 11.5. The Bertz CT molecular complexity index is 693. The monoisotopic (exact) mass is 278 g/mol. The van der Waals surface area contributed by atoms with Crippen LogP contribution in [0.15, 0.2) is 34.1 Å². The van der Waals surface area contributed by atoms with E-state index in [2.05, 4.69) is 15.3 Å². The standard InChI is InChI=1S/C13H15ClN4O/c1-7(17-13(15)16-2)10-6-8-5-9(14)3-4-11(8)18-12(10)19/h3-7H,1-2H3,(H,18,19)(H3,15,16,17)/t7-/m0/s1. The summed E-state index contributed by atoms with van der Waals surface area (Å²) in [7, 11) is 1.58. The first-order valence-corrected chi connectivity index (χ1v) is 6.20. The summed E-state index contributed by atoms with van der Waals surface area (Å²) in [5, 5.41) is 4.44. The molecule has 0 aliphatic carbocycles. The van der Waals surface area contributed by atoms with Crippen LogP contribution in [-0.2, 0) is 0 Å². The number of nitrogens with one attached hydrogen (secondary N) is 2. The summed E-state index contributed by atoms with van der Waals surface area (Å²) in [6, 6.07) is 6.89. The quantitative estimate of drug-likeness (QED) is 0.578. The fourth-order valence-electron chi connectivity index (χ4n) is 1.88. The SMILES string of the molecule is CN=C(N)N[C@@H](C)c1cc2cc(Cl)ccc2[nH]c1=O. The summed E-state index contributed by atoms with van der Waals surface area (Å²) in [4.78, 5) is 18.7. The zero-order chi connectivity index (χ0) is 14.0. The van der Waals surface area contributed by atoms with E-state index >= 15 is 0 Å². The highest BCUT2D eigenvalue weighted by atomic mass is 35.5. The first kappa shape index (κ1) is 13.4. The second kappa shape index (κ2) is 5.32. The van der Waals surface area contributed by atoms with Crippen molar-refractivity contribution in [3.8, 4) is 0 Å². The van der Waals surface area contributed by atoms with Gasteiger partial charge in [0.25, 0.3) is 5.56 Å². The molecule has 2 rings (SSSR count). The number of hydrogen-bond donors (Lipinski definition) is 3. The maximum absolute atomic E-state index is 12.0. The lowest BCUT2D eigenvalue weighted by molar-refractivity contribution is 0.702. The highest BCUT2D eigenvalue weighted by Gasteiger charge is 2.11. The van der Waals surface area contributed by atoms with Crippen molar-refractivity contribution in [2.45, 2.75) is 13.0 Å². The van der Waals surface area contributed by atoms with E-state index in [0.29, 0.717) is 10.6 Å². The second-order valence-corrected chi connectivity index (χ2v) is 4.70. The Balaban J connectivity index is 2.48. The fourth-order valence-corrected chi connectivity index (χ4v) is 2.06. The lowest BCUT2D eigenvalue weighted by atomic mass is 10.1. The molecule has 4 N–H and O–H groups in total. The number of rotatable bonds is 2. The van der Waals surface area contributed by atoms with Gasteiger partial charge < -0.3 is 16.0 Å². The highest BCUT2D eigenvalue weighted by Crippen LogP contribution is 2.19. The molecule has 0 radical (unpaired) electrons. The number of halogens is 1. The minimum atomic E-state index is -0.240.